The van der Waals surface area contributed by atoms with Crippen LogP contribution in [0.15, 0.2) is 55.1 Å². The first kappa shape index (κ1) is 16.1. The summed E-state index contributed by atoms with van der Waals surface area (Å²) in [6.45, 7) is 7.57. The number of amides is 1. The van der Waals surface area contributed by atoms with Crippen LogP contribution in [0.4, 0.5) is 5.69 Å². The number of aryl methyl sites for hydroxylation is 1. The van der Waals surface area contributed by atoms with Crippen molar-refractivity contribution in [1.82, 2.24) is 9.80 Å². The van der Waals surface area contributed by atoms with E-state index in [0.717, 1.165) is 36.3 Å². The highest BCUT2D eigenvalue weighted by Crippen LogP contribution is 2.31. The molecular weight excluding hydrogens is 298 g/mol. The van der Waals surface area contributed by atoms with Crippen molar-refractivity contribution < 1.29 is 4.79 Å². The topological polar surface area (TPSA) is 53.0 Å². The average molecular weight is 320 g/mol. The zero-order valence-corrected chi connectivity index (χ0v) is 13.9. The van der Waals surface area contributed by atoms with Crippen LogP contribution in [-0.4, -0.2) is 25.0 Å². The first-order valence-corrected chi connectivity index (χ1v) is 8.19. The van der Waals surface area contributed by atoms with Crippen LogP contribution in [0.5, 0.6) is 0 Å². The molecule has 1 fully saturated rings. The van der Waals surface area contributed by atoms with E-state index in [0.29, 0.717) is 10.0 Å². The maximum Gasteiger partial charge on any atom is 0.307 e. The SMILES string of the molecule is C=Cc1cc(C(=O)NC(=N)[N+]2(c3ccccc3)CC2)ccc1CC. The number of hydrogen-bond acceptors (Lipinski definition) is 2. The number of nitrogens with one attached hydrogen (secondary N) is 2. The smallest absolute Gasteiger partial charge is 0.269 e. The summed E-state index contributed by atoms with van der Waals surface area (Å²) in [5.41, 5.74) is 3.72. The first-order chi connectivity index (χ1) is 11.6. The van der Waals surface area contributed by atoms with Crippen LogP contribution >= 0.6 is 0 Å². The fourth-order valence-corrected chi connectivity index (χ4v) is 2.96. The number of rotatable bonds is 4. The molecule has 2 aromatic rings. The summed E-state index contributed by atoms with van der Waals surface area (Å²) >= 11 is 0. The van der Waals surface area contributed by atoms with Crippen molar-refractivity contribution in [3.05, 3.63) is 71.8 Å². The maximum atomic E-state index is 12.5. The highest BCUT2D eigenvalue weighted by Gasteiger charge is 2.50. The Morgan fingerprint density at radius 1 is 1.25 bits per heavy atom. The van der Waals surface area contributed by atoms with E-state index >= 15 is 0 Å². The summed E-state index contributed by atoms with van der Waals surface area (Å²) in [4.78, 5) is 12.5. The number of hydrogen-bond donors (Lipinski definition) is 2. The molecule has 3 rings (SSSR count). The quantitative estimate of drug-likeness (QED) is 0.385. The summed E-state index contributed by atoms with van der Waals surface area (Å²) in [5.74, 6) is -0.0167. The summed E-state index contributed by atoms with van der Waals surface area (Å²) in [6.07, 6.45) is 2.66. The third-order valence-electron chi connectivity index (χ3n) is 4.59. The second-order valence-corrected chi connectivity index (χ2v) is 6.02. The molecule has 0 aliphatic carbocycles. The van der Waals surface area contributed by atoms with Crippen LogP contribution in [0.3, 0.4) is 0 Å². The summed E-state index contributed by atoms with van der Waals surface area (Å²) in [5, 5.41) is 11.1. The van der Waals surface area contributed by atoms with Gasteiger partial charge in [0, 0.05) is 5.56 Å². The molecule has 0 aromatic heterocycles. The van der Waals surface area contributed by atoms with E-state index in [9.17, 15) is 4.79 Å². The molecule has 0 saturated carbocycles. The lowest BCUT2D eigenvalue weighted by atomic mass is 10.0. The maximum absolute atomic E-state index is 12.5. The van der Waals surface area contributed by atoms with Crippen LogP contribution in [0.2, 0.25) is 0 Å². The highest BCUT2D eigenvalue weighted by molar-refractivity contribution is 6.09. The molecule has 2 N–H and O–H groups in total. The third-order valence-corrected chi connectivity index (χ3v) is 4.59. The van der Waals surface area contributed by atoms with Gasteiger partial charge in [-0.2, -0.15) is 0 Å². The van der Waals surface area contributed by atoms with Crippen molar-refractivity contribution in [2.75, 3.05) is 13.1 Å². The van der Waals surface area contributed by atoms with Gasteiger partial charge in [-0.15, -0.1) is 0 Å². The van der Waals surface area contributed by atoms with Crippen LogP contribution in [0, 0.1) is 5.41 Å². The van der Waals surface area contributed by atoms with E-state index < -0.39 is 0 Å². The standard InChI is InChI=1S/C20H21N3O/c1-3-15-10-11-17(14-16(15)4-2)19(24)22-20(21)23(12-13-23)18-8-6-5-7-9-18/h4-11,14H,2-3,12-13H2,1H3,(H-,21,22,24)/p+1. The number of carbonyl (C=O) groups is 1. The largest absolute Gasteiger partial charge is 0.307 e. The lowest BCUT2D eigenvalue weighted by molar-refractivity contribution is 0.0974. The van der Waals surface area contributed by atoms with Gasteiger partial charge in [-0.25, -0.2) is 9.89 Å². The second kappa shape index (κ2) is 6.42. The molecule has 1 heterocycles. The molecule has 1 aliphatic rings. The monoisotopic (exact) mass is 320 g/mol. The number of quaternary nitrogens is 1. The van der Waals surface area contributed by atoms with Crippen molar-refractivity contribution in [2.24, 2.45) is 0 Å². The molecule has 4 nitrogen and oxygen atoms in total. The minimum atomic E-state index is -0.244. The van der Waals surface area contributed by atoms with Crippen molar-refractivity contribution in [1.29, 1.82) is 5.41 Å². The van der Waals surface area contributed by atoms with Crippen molar-refractivity contribution in [3.8, 4) is 0 Å². The van der Waals surface area contributed by atoms with Crippen LogP contribution < -0.4 is 9.80 Å². The average Bonchev–Trinajstić information content (AvgIpc) is 3.43. The van der Waals surface area contributed by atoms with Crippen molar-refractivity contribution in [3.63, 3.8) is 0 Å². The van der Waals surface area contributed by atoms with Gasteiger partial charge >= 0.3 is 5.96 Å². The fourth-order valence-electron chi connectivity index (χ4n) is 2.96. The normalized spacial score (nSPS) is 14.7. The zero-order valence-electron chi connectivity index (χ0n) is 13.9. The van der Waals surface area contributed by atoms with E-state index in [1.165, 1.54) is 0 Å². The molecule has 122 valence electrons. The molecule has 0 unspecified atom stereocenters. The molecular formula is C20H22N3O+. The van der Waals surface area contributed by atoms with E-state index in [1.54, 1.807) is 6.08 Å². The van der Waals surface area contributed by atoms with Crippen molar-refractivity contribution in [2.45, 2.75) is 13.3 Å². The molecule has 1 amide bonds. The Hall–Kier alpha value is -2.72. The van der Waals surface area contributed by atoms with E-state index in [2.05, 4.69) is 18.8 Å². The predicted molar refractivity (Wildman–Crippen MR) is 99.1 cm³/mol. The van der Waals surface area contributed by atoms with Crippen LogP contribution in [0.25, 0.3) is 6.08 Å². The summed E-state index contributed by atoms with van der Waals surface area (Å²) in [6, 6.07) is 15.5. The Balaban J connectivity index is 1.78. The Labute approximate surface area is 142 Å². The molecule has 1 aliphatic heterocycles. The van der Waals surface area contributed by atoms with Gasteiger partial charge in [0.05, 0.1) is 0 Å². The third kappa shape index (κ3) is 2.88. The van der Waals surface area contributed by atoms with Crippen molar-refractivity contribution >= 4 is 23.6 Å². The van der Waals surface area contributed by atoms with E-state index in [1.807, 2.05) is 48.5 Å². The molecule has 2 aromatic carbocycles. The van der Waals surface area contributed by atoms with E-state index in [4.69, 9.17) is 5.41 Å². The molecule has 0 atom stereocenters. The number of nitrogens with zero attached hydrogens (tertiary/aromatic N) is 1. The Bertz CT molecular complexity index is 792. The second-order valence-electron chi connectivity index (χ2n) is 6.02. The van der Waals surface area contributed by atoms with Gasteiger partial charge in [0.2, 0.25) is 0 Å². The zero-order chi connectivity index (χ0) is 17.2. The lowest BCUT2D eigenvalue weighted by Crippen LogP contribution is -2.46. The molecule has 0 spiro atoms. The number of guanidine groups is 1. The van der Waals surface area contributed by atoms with Gasteiger partial charge in [-0.05, 0) is 41.8 Å². The fraction of sp³-hybridized carbons (Fsp3) is 0.200. The molecule has 24 heavy (non-hydrogen) atoms. The van der Waals surface area contributed by atoms with Gasteiger partial charge in [0.15, 0.2) is 0 Å². The lowest BCUT2D eigenvalue weighted by Gasteiger charge is -2.18. The number of carbonyl (C=O) groups excluding carboxylic acids is 1. The molecule has 4 heteroatoms. The van der Waals surface area contributed by atoms with Gasteiger partial charge in [-0.1, -0.05) is 43.8 Å². The predicted octanol–water partition coefficient (Wildman–Crippen LogP) is 3.58. The summed E-state index contributed by atoms with van der Waals surface area (Å²) in [7, 11) is 0. The van der Waals surface area contributed by atoms with Gasteiger partial charge in [0.1, 0.15) is 18.8 Å². The minimum absolute atomic E-state index is 0.228. The highest BCUT2D eigenvalue weighted by atomic mass is 16.2. The first-order valence-electron chi connectivity index (χ1n) is 8.19. The Kier molecular flexibility index (Phi) is 4.32. The summed E-state index contributed by atoms with van der Waals surface area (Å²) < 4.78 is 0.411. The van der Waals surface area contributed by atoms with E-state index in [-0.39, 0.29) is 11.9 Å². The van der Waals surface area contributed by atoms with Gasteiger partial charge < -0.3 is 0 Å². The number of para-hydroxylation sites is 1. The van der Waals surface area contributed by atoms with Gasteiger partial charge in [0.25, 0.3) is 5.91 Å². The molecule has 1 saturated heterocycles. The minimum Gasteiger partial charge on any atom is -0.269 e. The van der Waals surface area contributed by atoms with Gasteiger partial charge in [-0.3, -0.25) is 10.1 Å². The van der Waals surface area contributed by atoms with Crippen LogP contribution in [-0.2, 0) is 6.42 Å². The molecule has 0 bridgehead atoms. The number of benzene rings is 2. The molecule has 0 radical (unpaired) electrons. The Morgan fingerprint density at radius 2 is 1.96 bits per heavy atom. The van der Waals surface area contributed by atoms with Crippen LogP contribution in [0.1, 0.15) is 28.4 Å². The Morgan fingerprint density at radius 3 is 2.54 bits per heavy atom.